The van der Waals surface area contributed by atoms with Crippen molar-refractivity contribution in [3.05, 3.63) is 72.6 Å². The summed E-state index contributed by atoms with van der Waals surface area (Å²) in [6.07, 6.45) is 7.41. The maximum Gasteiger partial charge on any atom is 0.176 e. The second kappa shape index (κ2) is 8.51. The Kier molecular flexibility index (Phi) is 5.37. The summed E-state index contributed by atoms with van der Waals surface area (Å²) in [7, 11) is 6.80. The van der Waals surface area contributed by atoms with Gasteiger partial charge in [0.15, 0.2) is 5.78 Å². The first-order chi connectivity index (χ1) is 16.5. The van der Waals surface area contributed by atoms with Crippen LogP contribution < -0.4 is 9.47 Å². The van der Waals surface area contributed by atoms with Gasteiger partial charge in [-0.15, -0.1) is 0 Å². The summed E-state index contributed by atoms with van der Waals surface area (Å²) in [5.41, 5.74) is 5.82. The van der Waals surface area contributed by atoms with Gasteiger partial charge in [0.1, 0.15) is 23.4 Å². The number of methoxy groups -OCH3 is 2. The first-order valence-corrected chi connectivity index (χ1v) is 10.7. The molecule has 0 aliphatic carbocycles. The number of aryl methyl sites for hydroxylation is 2. The molecule has 3 aromatic heterocycles. The van der Waals surface area contributed by atoms with Gasteiger partial charge in [0.25, 0.3) is 0 Å². The van der Waals surface area contributed by atoms with Crippen molar-refractivity contribution in [3.63, 3.8) is 0 Å². The lowest BCUT2D eigenvalue weighted by molar-refractivity contribution is 0.0984. The van der Waals surface area contributed by atoms with Crippen molar-refractivity contribution in [2.45, 2.75) is 6.42 Å². The summed E-state index contributed by atoms with van der Waals surface area (Å²) >= 11 is 0. The highest BCUT2D eigenvalue weighted by molar-refractivity contribution is 6.03. The van der Waals surface area contributed by atoms with Gasteiger partial charge >= 0.3 is 0 Å². The van der Waals surface area contributed by atoms with Crippen LogP contribution in [0.15, 0.2) is 61.3 Å². The zero-order chi connectivity index (χ0) is 23.8. The molecule has 2 aromatic carbocycles. The Morgan fingerprint density at radius 3 is 2.35 bits per heavy atom. The Morgan fingerprint density at radius 2 is 1.74 bits per heavy atom. The molecule has 3 heterocycles. The van der Waals surface area contributed by atoms with E-state index in [1.165, 1.54) is 0 Å². The van der Waals surface area contributed by atoms with E-state index in [0.717, 1.165) is 33.5 Å². The third-order valence-corrected chi connectivity index (χ3v) is 5.90. The van der Waals surface area contributed by atoms with Crippen molar-refractivity contribution in [3.8, 4) is 28.3 Å². The number of ether oxygens (including phenoxy) is 2. The fourth-order valence-corrected chi connectivity index (χ4v) is 4.11. The summed E-state index contributed by atoms with van der Waals surface area (Å²) in [6.45, 7) is 0. The van der Waals surface area contributed by atoms with Gasteiger partial charge in [-0.3, -0.25) is 18.7 Å². The summed E-state index contributed by atoms with van der Waals surface area (Å²) in [5, 5.41) is 8.38. The van der Waals surface area contributed by atoms with Crippen LogP contribution in [-0.2, 0) is 20.5 Å². The summed E-state index contributed by atoms with van der Waals surface area (Å²) in [4.78, 5) is 17.8. The molecule has 0 radical (unpaired) electrons. The highest BCUT2D eigenvalue weighted by Gasteiger charge is 2.22. The normalized spacial score (nSPS) is 11.2. The number of aromatic nitrogens is 6. The number of ketones is 1. The van der Waals surface area contributed by atoms with Crippen molar-refractivity contribution >= 4 is 16.8 Å². The first kappa shape index (κ1) is 21.4. The molecule has 0 aliphatic heterocycles. The number of Topliss-reactive ketones (excluding diaryl/α,β-unsaturated/α-hetero) is 1. The summed E-state index contributed by atoms with van der Waals surface area (Å²) in [6, 6.07) is 11.6. The minimum absolute atomic E-state index is 0.111. The van der Waals surface area contributed by atoms with Gasteiger partial charge in [0.05, 0.1) is 43.6 Å². The number of hydrogen-bond donors (Lipinski definition) is 0. The number of hydrogen-bond acceptors (Lipinski definition) is 6. The number of carbonyl (C=O) groups is 1. The van der Waals surface area contributed by atoms with E-state index in [0.29, 0.717) is 17.1 Å². The highest BCUT2D eigenvalue weighted by Crippen LogP contribution is 2.35. The minimum atomic E-state index is -0.111. The van der Waals surface area contributed by atoms with E-state index in [4.69, 9.17) is 9.47 Å². The number of benzene rings is 2. The average molecular weight is 457 g/mol. The Bertz CT molecular complexity index is 1490. The van der Waals surface area contributed by atoms with Crippen LogP contribution in [0.2, 0.25) is 0 Å². The largest absolute Gasteiger partial charge is 0.496 e. The molecule has 0 atom stereocenters. The molecule has 9 nitrogen and oxygen atoms in total. The zero-order valence-corrected chi connectivity index (χ0v) is 19.4. The van der Waals surface area contributed by atoms with Crippen LogP contribution in [0.4, 0.5) is 0 Å². The minimum Gasteiger partial charge on any atom is -0.496 e. The summed E-state index contributed by atoms with van der Waals surface area (Å²) < 4.78 is 16.6. The molecular formula is C25H24N6O3. The van der Waals surface area contributed by atoms with Crippen LogP contribution in [0.1, 0.15) is 16.1 Å². The number of imidazole rings is 1. The van der Waals surface area contributed by atoms with E-state index in [-0.39, 0.29) is 12.2 Å². The molecule has 5 rings (SSSR count). The third-order valence-electron chi connectivity index (χ3n) is 5.90. The molecule has 0 unspecified atom stereocenters. The lowest BCUT2D eigenvalue weighted by atomic mass is 10.0. The van der Waals surface area contributed by atoms with E-state index in [9.17, 15) is 4.79 Å². The van der Waals surface area contributed by atoms with Crippen LogP contribution in [0, 0.1) is 0 Å². The Balaban J connectivity index is 1.55. The van der Waals surface area contributed by atoms with E-state index >= 15 is 0 Å². The van der Waals surface area contributed by atoms with Crippen molar-refractivity contribution in [2.24, 2.45) is 14.1 Å². The maximum atomic E-state index is 13.2. The van der Waals surface area contributed by atoms with Gasteiger partial charge in [-0.2, -0.15) is 10.2 Å². The number of carbonyl (C=O) groups excluding carboxylic acids is 1. The fraction of sp³-hybridized carbons (Fsp3) is 0.200. The van der Waals surface area contributed by atoms with Crippen molar-refractivity contribution in [1.29, 1.82) is 0 Å². The number of rotatable bonds is 7. The van der Waals surface area contributed by atoms with Crippen LogP contribution in [0.25, 0.3) is 27.8 Å². The van der Waals surface area contributed by atoms with Crippen molar-refractivity contribution < 1.29 is 14.3 Å². The molecule has 0 bridgehead atoms. The highest BCUT2D eigenvalue weighted by atomic mass is 16.5. The predicted octanol–water partition coefficient (Wildman–Crippen LogP) is 3.60. The predicted molar refractivity (Wildman–Crippen MR) is 128 cm³/mol. The molecule has 0 spiro atoms. The Hall–Kier alpha value is -4.40. The lowest BCUT2D eigenvalue weighted by Crippen LogP contribution is -2.11. The second-order valence-corrected chi connectivity index (χ2v) is 7.99. The van der Waals surface area contributed by atoms with Crippen LogP contribution >= 0.6 is 0 Å². The molecule has 0 saturated heterocycles. The van der Waals surface area contributed by atoms with Gasteiger partial charge in [-0.05, 0) is 23.8 Å². The Labute approximate surface area is 196 Å². The lowest BCUT2D eigenvalue weighted by Gasteiger charge is -2.15. The van der Waals surface area contributed by atoms with Crippen molar-refractivity contribution in [1.82, 2.24) is 29.1 Å². The SMILES string of the molecule is COc1cc(-n2cnc3cc(-c4cnn(C)c4)ccc32)cc(OC)c1C(=O)Cc1ccnn1C. The molecule has 0 saturated carbocycles. The molecule has 9 heteroatoms. The van der Waals surface area contributed by atoms with E-state index in [2.05, 4.69) is 15.2 Å². The molecule has 34 heavy (non-hydrogen) atoms. The topological polar surface area (TPSA) is 89.0 Å². The smallest absolute Gasteiger partial charge is 0.176 e. The zero-order valence-electron chi connectivity index (χ0n) is 19.4. The van der Waals surface area contributed by atoms with Crippen molar-refractivity contribution in [2.75, 3.05) is 14.2 Å². The average Bonchev–Trinajstić information content (AvgIpc) is 3.57. The molecular weight excluding hydrogens is 432 g/mol. The molecule has 0 N–H and O–H groups in total. The molecule has 172 valence electrons. The Morgan fingerprint density at radius 1 is 0.971 bits per heavy atom. The standard InChI is InChI=1S/C25H24N6O3/c1-29-14-17(13-28-29)16-5-6-21-20(9-16)26-15-31(21)19-11-23(33-3)25(24(12-19)34-4)22(32)10-18-7-8-27-30(18)2/h5-9,11-15H,10H2,1-4H3. The van der Waals surface area contributed by atoms with Gasteiger partial charge in [-0.25, -0.2) is 4.98 Å². The summed E-state index contributed by atoms with van der Waals surface area (Å²) in [5.74, 6) is 0.770. The molecule has 0 fully saturated rings. The first-order valence-electron chi connectivity index (χ1n) is 10.7. The number of nitrogens with zero attached hydrogens (tertiary/aromatic N) is 6. The van der Waals surface area contributed by atoms with Gasteiger partial charge in [0.2, 0.25) is 0 Å². The second-order valence-electron chi connectivity index (χ2n) is 7.99. The quantitative estimate of drug-likeness (QED) is 0.348. The monoisotopic (exact) mass is 456 g/mol. The molecule has 5 aromatic rings. The van der Waals surface area contributed by atoms with Gasteiger partial charge in [0, 0.05) is 49.9 Å². The van der Waals surface area contributed by atoms with Crippen LogP contribution in [0.5, 0.6) is 11.5 Å². The van der Waals surface area contributed by atoms with Gasteiger partial charge < -0.3 is 9.47 Å². The number of fused-ring (bicyclic) bond motifs is 1. The molecule has 0 aliphatic rings. The van der Waals surface area contributed by atoms with Gasteiger partial charge in [-0.1, -0.05) is 6.07 Å². The maximum absolute atomic E-state index is 13.2. The van der Waals surface area contributed by atoms with E-state index < -0.39 is 0 Å². The van der Waals surface area contributed by atoms with Crippen LogP contribution in [0.3, 0.4) is 0 Å². The fourth-order valence-electron chi connectivity index (χ4n) is 4.11. The van der Waals surface area contributed by atoms with E-state index in [1.54, 1.807) is 36.1 Å². The third kappa shape index (κ3) is 3.71. The van der Waals surface area contributed by atoms with E-state index in [1.807, 2.05) is 67.5 Å². The molecule has 0 amide bonds. The van der Waals surface area contributed by atoms with Crippen LogP contribution in [-0.4, -0.2) is 49.1 Å².